The molecule has 0 spiro atoms. The maximum Gasteiger partial charge on any atom is 0.246 e. The second-order valence-corrected chi connectivity index (χ2v) is 7.31. The lowest BCUT2D eigenvalue weighted by Crippen LogP contribution is -2.38. The summed E-state index contributed by atoms with van der Waals surface area (Å²) in [6.07, 6.45) is 3.02. The first-order chi connectivity index (χ1) is 14.5. The summed E-state index contributed by atoms with van der Waals surface area (Å²) in [5, 5.41) is 4.15. The van der Waals surface area contributed by atoms with Crippen molar-refractivity contribution < 1.29 is 18.7 Å². The summed E-state index contributed by atoms with van der Waals surface area (Å²) < 4.78 is 19.1. The van der Waals surface area contributed by atoms with Gasteiger partial charge in [0.2, 0.25) is 12.3 Å². The molecule has 2 aromatic rings. The SMILES string of the molecule is COCC(=O)N[C@H]1CCN(Cc2cc(F)cc(N(C=O)Nc3ccc(C)nc3)c2)C1. The number of aryl methyl sites for hydroxylation is 1. The molecule has 2 heterocycles. The Morgan fingerprint density at radius 1 is 1.40 bits per heavy atom. The molecule has 3 rings (SSSR count). The molecule has 1 atom stereocenters. The summed E-state index contributed by atoms with van der Waals surface area (Å²) in [7, 11) is 1.48. The summed E-state index contributed by atoms with van der Waals surface area (Å²) in [5.74, 6) is -0.571. The number of hydrazine groups is 1. The number of hydrogen-bond donors (Lipinski definition) is 2. The van der Waals surface area contributed by atoms with Gasteiger partial charge in [-0.15, -0.1) is 0 Å². The fourth-order valence-electron chi connectivity index (χ4n) is 3.44. The third kappa shape index (κ3) is 5.98. The second-order valence-electron chi connectivity index (χ2n) is 7.31. The lowest BCUT2D eigenvalue weighted by atomic mass is 10.1. The first-order valence-corrected chi connectivity index (χ1v) is 9.71. The number of hydrogen-bond acceptors (Lipinski definition) is 6. The zero-order chi connectivity index (χ0) is 21.5. The smallest absolute Gasteiger partial charge is 0.246 e. The molecule has 1 aliphatic rings. The summed E-state index contributed by atoms with van der Waals surface area (Å²) in [6, 6.07) is 8.17. The lowest BCUT2D eigenvalue weighted by Gasteiger charge is -2.22. The number of nitrogens with zero attached hydrogens (tertiary/aromatic N) is 3. The van der Waals surface area contributed by atoms with Gasteiger partial charge in [0, 0.05) is 38.5 Å². The summed E-state index contributed by atoms with van der Waals surface area (Å²) in [6.45, 7) is 3.88. The van der Waals surface area contributed by atoms with Crippen molar-refractivity contribution in [3.8, 4) is 0 Å². The number of rotatable bonds is 9. The number of methoxy groups -OCH3 is 1. The first-order valence-electron chi connectivity index (χ1n) is 9.71. The molecule has 30 heavy (non-hydrogen) atoms. The zero-order valence-corrected chi connectivity index (χ0v) is 17.1. The van der Waals surface area contributed by atoms with Crippen molar-refractivity contribution in [2.24, 2.45) is 0 Å². The van der Waals surface area contributed by atoms with Crippen LogP contribution < -0.4 is 15.8 Å². The van der Waals surface area contributed by atoms with E-state index in [0.717, 1.165) is 24.2 Å². The fraction of sp³-hybridized carbons (Fsp3) is 0.381. The largest absolute Gasteiger partial charge is 0.375 e. The van der Waals surface area contributed by atoms with Crippen LogP contribution >= 0.6 is 0 Å². The van der Waals surface area contributed by atoms with Crippen LogP contribution in [0.1, 0.15) is 17.7 Å². The molecule has 0 bridgehead atoms. The average Bonchev–Trinajstić information content (AvgIpc) is 3.13. The predicted molar refractivity (Wildman–Crippen MR) is 111 cm³/mol. The van der Waals surface area contributed by atoms with Gasteiger partial charge in [-0.3, -0.25) is 24.9 Å². The number of pyridine rings is 1. The number of halogens is 1. The number of amides is 2. The van der Waals surface area contributed by atoms with E-state index in [0.29, 0.717) is 30.9 Å². The maximum atomic E-state index is 14.3. The van der Waals surface area contributed by atoms with E-state index in [4.69, 9.17) is 4.74 Å². The van der Waals surface area contributed by atoms with Gasteiger partial charge in [0.1, 0.15) is 12.4 Å². The van der Waals surface area contributed by atoms with Crippen molar-refractivity contribution in [1.29, 1.82) is 0 Å². The topological polar surface area (TPSA) is 86.8 Å². The molecule has 0 aliphatic carbocycles. The zero-order valence-electron chi connectivity index (χ0n) is 17.1. The Bertz CT molecular complexity index is 877. The molecule has 1 aromatic heterocycles. The minimum atomic E-state index is -0.428. The third-order valence-corrected chi connectivity index (χ3v) is 4.81. The minimum absolute atomic E-state index is 0.0365. The number of nitrogens with one attached hydrogen (secondary N) is 2. The van der Waals surface area contributed by atoms with Gasteiger partial charge in [0.15, 0.2) is 0 Å². The van der Waals surface area contributed by atoms with E-state index < -0.39 is 5.82 Å². The number of anilines is 2. The Hall–Kier alpha value is -3.04. The highest BCUT2D eigenvalue weighted by Gasteiger charge is 2.24. The highest BCUT2D eigenvalue weighted by atomic mass is 19.1. The van der Waals surface area contributed by atoms with Gasteiger partial charge in [0.05, 0.1) is 17.6 Å². The van der Waals surface area contributed by atoms with E-state index in [2.05, 4.69) is 20.6 Å². The van der Waals surface area contributed by atoms with E-state index >= 15 is 0 Å². The van der Waals surface area contributed by atoms with Crippen LogP contribution in [0.25, 0.3) is 0 Å². The fourth-order valence-corrected chi connectivity index (χ4v) is 3.44. The molecule has 8 nitrogen and oxygen atoms in total. The van der Waals surface area contributed by atoms with E-state index in [-0.39, 0.29) is 18.6 Å². The minimum Gasteiger partial charge on any atom is -0.375 e. The summed E-state index contributed by atoms with van der Waals surface area (Å²) >= 11 is 0. The monoisotopic (exact) mass is 415 g/mol. The van der Waals surface area contributed by atoms with Gasteiger partial charge >= 0.3 is 0 Å². The highest BCUT2D eigenvalue weighted by molar-refractivity contribution is 5.79. The van der Waals surface area contributed by atoms with Crippen LogP contribution in [0.4, 0.5) is 15.8 Å². The van der Waals surface area contributed by atoms with Crippen molar-refractivity contribution in [3.63, 3.8) is 0 Å². The van der Waals surface area contributed by atoms with E-state index in [1.807, 2.05) is 13.0 Å². The van der Waals surface area contributed by atoms with Gasteiger partial charge < -0.3 is 10.1 Å². The number of aromatic nitrogens is 1. The maximum absolute atomic E-state index is 14.3. The van der Waals surface area contributed by atoms with Crippen LogP contribution in [-0.2, 0) is 20.9 Å². The Kier molecular flexibility index (Phi) is 7.31. The highest BCUT2D eigenvalue weighted by Crippen LogP contribution is 2.22. The molecule has 0 radical (unpaired) electrons. The number of benzene rings is 1. The molecule has 1 aliphatic heterocycles. The predicted octanol–water partition coefficient (Wildman–Crippen LogP) is 1.86. The molecular formula is C21H26FN5O3. The van der Waals surface area contributed by atoms with Crippen LogP contribution in [0.15, 0.2) is 36.5 Å². The Balaban J connectivity index is 1.65. The summed E-state index contributed by atoms with van der Waals surface area (Å²) in [4.78, 5) is 29.6. The molecule has 0 saturated carbocycles. The van der Waals surface area contributed by atoms with Crippen LogP contribution in [0.3, 0.4) is 0 Å². The molecule has 2 amide bonds. The molecule has 160 valence electrons. The molecular weight excluding hydrogens is 389 g/mol. The molecule has 0 unspecified atom stereocenters. The molecule has 1 fully saturated rings. The number of carbonyl (C=O) groups excluding carboxylic acids is 2. The summed E-state index contributed by atoms with van der Waals surface area (Å²) in [5.41, 5.74) is 5.53. The van der Waals surface area contributed by atoms with Crippen LogP contribution in [0.2, 0.25) is 0 Å². The Morgan fingerprint density at radius 2 is 2.23 bits per heavy atom. The average molecular weight is 415 g/mol. The van der Waals surface area contributed by atoms with Crippen LogP contribution in [0.5, 0.6) is 0 Å². The normalized spacial score (nSPS) is 16.3. The van der Waals surface area contributed by atoms with Crippen LogP contribution in [0, 0.1) is 12.7 Å². The van der Waals surface area contributed by atoms with Gasteiger partial charge in [-0.1, -0.05) is 0 Å². The standard InChI is InChI=1S/C21H26FN5O3/c1-15-3-4-18(10-23-15)25-27(14-28)20-8-16(7-17(22)9-20)11-26-6-5-19(12-26)24-21(29)13-30-2/h3-4,7-10,14,19,25H,5-6,11-13H2,1-2H3,(H,24,29)/t19-/m0/s1. The number of carbonyl (C=O) groups is 2. The van der Waals surface area contributed by atoms with Gasteiger partial charge in [0.25, 0.3) is 0 Å². The van der Waals surface area contributed by atoms with Crippen molar-refractivity contribution in [2.45, 2.75) is 25.9 Å². The molecule has 1 aromatic carbocycles. The number of ether oxygens (including phenoxy) is 1. The van der Waals surface area contributed by atoms with Crippen molar-refractivity contribution in [3.05, 3.63) is 53.6 Å². The third-order valence-electron chi connectivity index (χ3n) is 4.81. The number of likely N-dealkylation sites (tertiary alicyclic amines) is 1. The molecule has 1 saturated heterocycles. The van der Waals surface area contributed by atoms with Crippen molar-refractivity contribution >= 4 is 23.7 Å². The van der Waals surface area contributed by atoms with Crippen LogP contribution in [-0.4, -0.2) is 55.0 Å². The lowest BCUT2D eigenvalue weighted by molar-refractivity contribution is -0.125. The quantitative estimate of drug-likeness (QED) is 0.480. The second kappa shape index (κ2) is 10.1. The van der Waals surface area contributed by atoms with Gasteiger partial charge in [-0.2, -0.15) is 0 Å². The Labute approximate surface area is 175 Å². The molecule has 2 N–H and O–H groups in total. The van der Waals surface area contributed by atoms with Crippen molar-refractivity contribution in [2.75, 3.05) is 37.2 Å². The van der Waals surface area contributed by atoms with E-state index in [9.17, 15) is 14.0 Å². The first kappa shape index (κ1) is 21.7. The van der Waals surface area contributed by atoms with Crippen molar-refractivity contribution in [1.82, 2.24) is 15.2 Å². The molecule has 9 heteroatoms. The Morgan fingerprint density at radius 3 is 2.93 bits per heavy atom. The van der Waals surface area contributed by atoms with E-state index in [1.165, 1.54) is 24.3 Å². The van der Waals surface area contributed by atoms with E-state index in [1.54, 1.807) is 18.3 Å². The van der Waals surface area contributed by atoms with Gasteiger partial charge in [-0.25, -0.2) is 9.40 Å². The van der Waals surface area contributed by atoms with Gasteiger partial charge in [-0.05, 0) is 49.2 Å².